The zero-order valence-electron chi connectivity index (χ0n) is 16.2. The van der Waals surface area contributed by atoms with E-state index in [0.29, 0.717) is 12.3 Å². The third kappa shape index (κ3) is 5.22. The van der Waals surface area contributed by atoms with Crippen molar-refractivity contribution in [3.8, 4) is 0 Å². The number of nitro groups is 1. The Balaban J connectivity index is 1.83. The lowest BCUT2D eigenvalue weighted by atomic mass is 10.2. The van der Waals surface area contributed by atoms with E-state index >= 15 is 0 Å². The van der Waals surface area contributed by atoms with Crippen molar-refractivity contribution in [2.75, 3.05) is 17.6 Å². The Morgan fingerprint density at radius 2 is 1.71 bits per heavy atom. The van der Waals surface area contributed by atoms with Crippen LogP contribution in [0.15, 0.2) is 87.5 Å². The van der Waals surface area contributed by atoms with Gasteiger partial charge >= 0.3 is 0 Å². The fourth-order valence-corrected chi connectivity index (χ4v) is 5.16. The number of primary amides is 1. The van der Waals surface area contributed by atoms with Crippen molar-refractivity contribution < 1.29 is 18.1 Å². The van der Waals surface area contributed by atoms with Crippen LogP contribution in [0.4, 0.5) is 11.4 Å². The number of nitro benzene ring substituents is 1. The molecule has 3 rings (SSSR count). The zero-order chi connectivity index (χ0) is 22.4. The number of amides is 1. The maximum Gasteiger partial charge on any atom is 0.293 e. The molecule has 0 fully saturated rings. The maximum absolute atomic E-state index is 13.0. The Kier molecular flexibility index (Phi) is 6.93. The number of nitrogens with two attached hydrogens (primary N) is 1. The first kappa shape index (κ1) is 22.3. The molecule has 0 heterocycles. The van der Waals surface area contributed by atoms with Crippen LogP contribution < -0.4 is 11.1 Å². The highest BCUT2D eigenvalue weighted by Gasteiger charge is 2.26. The van der Waals surface area contributed by atoms with Crippen molar-refractivity contribution in [3.63, 3.8) is 0 Å². The minimum Gasteiger partial charge on any atom is -0.379 e. The highest BCUT2D eigenvalue weighted by Crippen LogP contribution is 2.31. The lowest BCUT2D eigenvalue weighted by molar-refractivity contribution is -0.384. The molecule has 0 atom stereocenters. The van der Waals surface area contributed by atoms with E-state index in [4.69, 9.17) is 5.73 Å². The topological polar surface area (TPSA) is 132 Å². The van der Waals surface area contributed by atoms with Crippen LogP contribution in [0, 0.1) is 10.1 Å². The molecule has 1 amide bonds. The van der Waals surface area contributed by atoms with Gasteiger partial charge in [-0.1, -0.05) is 30.3 Å². The summed E-state index contributed by atoms with van der Waals surface area (Å²) in [4.78, 5) is 23.0. The number of carbonyl (C=O) groups is 1. The van der Waals surface area contributed by atoms with Gasteiger partial charge in [-0.25, -0.2) is 8.42 Å². The van der Waals surface area contributed by atoms with Crippen LogP contribution in [0.5, 0.6) is 0 Å². The number of rotatable bonds is 9. The molecule has 8 nitrogen and oxygen atoms in total. The second-order valence-corrected chi connectivity index (χ2v) is 9.47. The molecule has 0 aromatic heterocycles. The first-order valence-corrected chi connectivity index (χ1v) is 11.6. The summed E-state index contributed by atoms with van der Waals surface area (Å²) in [6.07, 6.45) is 0. The Labute approximate surface area is 183 Å². The molecule has 0 bridgehead atoms. The van der Waals surface area contributed by atoms with Crippen molar-refractivity contribution >= 4 is 38.9 Å². The maximum atomic E-state index is 13.0. The zero-order valence-corrected chi connectivity index (χ0v) is 17.9. The van der Waals surface area contributed by atoms with E-state index < -0.39 is 20.7 Å². The summed E-state index contributed by atoms with van der Waals surface area (Å²) in [5, 5.41) is 14.5. The largest absolute Gasteiger partial charge is 0.379 e. The molecule has 3 aromatic rings. The fourth-order valence-electron chi connectivity index (χ4n) is 2.88. The normalized spacial score (nSPS) is 11.1. The molecule has 0 saturated heterocycles. The summed E-state index contributed by atoms with van der Waals surface area (Å²) in [6.45, 7) is 0.441. The van der Waals surface area contributed by atoms with Crippen LogP contribution in [0.3, 0.4) is 0 Å². The van der Waals surface area contributed by atoms with Gasteiger partial charge in [0.1, 0.15) is 5.69 Å². The van der Waals surface area contributed by atoms with Gasteiger partial charge in [0.05, 0.1) is 20.3 Å². The van der Waals surface area contributed by atoms with Gasteiger partial charge in [0, 0.05) is 23.3 Å². The second-order valence-electron chi connectivity index (χ2n) is 6.39. The van der Waals surface area contributed by atoms with Crippen LogP contribution in [0.2, 0.25) is 0 Å². The molecule has 31 heavy (non-hydrogen) atoms. The average Bonchev–Trinajstić information content (AvgIpc) is 2.77. The van der Waals surface area contributed by atoms with Gasteiger partial charge in [-0.15, -0.1) is 11.8 Å². The SMILES string of the molecule is NC(=O)c1ccccc1S(=O)(=O)c1ccc(NCCSc2ccccc2)c([N+](=O)[O-])c1. The van der Waals surface area contributed by atoms with E-state index in [-0.39, 0.29) is 26.7 Å². The van der Waals surface area contributed by atoms with Crippen molar-refractivity contribution in [2.24, 2.45) is 5.73 Å². The lowest BCUT2D eigenvalue weighted by Crippen LogP contribution is -2.16. The third-order valence-corrected chi connectivity index (χ3v) is 7.17. The Hall–Kier alpha value is -3.37. The van der Waals surface area contributed by atoms with E-state index in [9.17, 15) is 23.3 Å². The number of sulfone groups is 1. The molecule has 0 radical (unpaired) electrons. The van der Waals surface area contributed by atoms with Gasteiger partial charge in [-0.3, -0.25) is 14.9 Å². The highest BCUT2D eigenvalue weighted by molar-refractivity contribution is 7.99. The molecular formula is C21H19N3O5S2. The smallest absolute Gasteiger partial charge is 0.293 e. The first-order valence-electron chi connectivity index (χ1n) is 9.15. The van der Waals surface area contributed by atoms with E-state index in [1.807, 2.05) is 30.3 Å². The number of nitrogens with one attached hydrogen (secondary N) is 1. The van der Waals surface area contributed by atoms with Crippen LogP contribution in [0.1, 0.15) is 10.4 Å². The van der Waals surface area contributed by atoms with E-state index in [0.717, 1.165) is 11.0 Å². The quantitative estimate of drug-likeness (QED) is 0.216. The van der Waals surface area contributed by atoms with Crippen molar-refractivity contribution in [3.05, 3.63) is 88.5 Å². The number of benzene rings is 3. The molecule has 0 unspecified atom stereocenters. The summed E-state index contributed by atoms with van der Waals surface area (Å²) >= 11 is 1.59. The number of hydrogen-bond donors (Lipinski definition) is 2. The van der Waals surface area contributed by atoms with E-state index in [1.165, 1.54) is 36.4 Å². The summed E-state index contributed by atoms with van der Waals surface area (Å²) in [6, 6.07) is 18.8. The van der Waals surface area contributed by atoms with Gasteiger partial charge in [0.15, 0.2) is 0 Å². The van der Waals surface area contributed by atoms with E-state index in [2.05, 4.69) is 5.32 Å². The number of carbonyl (C=O) groups excluding carboxylic acids is 1. The van der Waals surface area contributed by atoms with Crippen molar-refractivity contribution in [1.29, 1.82) is 0 Å². The Morgan fingerprint density at radius 3 is 2.39 bits per heavy atom. The van der Waals surface area contributed by atoms with Crippen molar-refractivity contribution in [1.82, 2.24) is 0 Å². The van der Waals surface area contributed by atoms with E-state index in [1.54, 1.807) is 11.8 Å². The highest BCUT2D eigenvalue weighted by atomic mass is 32.2. The molecule has 0 aliphatic heterocycles. The summed E-state index contributed by atoms with van der Waals surface area (Å²) in [7, 11) is -4.19. The van der Waals surface area contributed by atoms with Gasteiger partial charge in [-0.05, 0) is 36.4 Å². The minimum absolute atomic E-state index is 0.176. The molecule has 0 aliphatic carbocycles. The predicted octanol–water partition coefficient (Wildman–Crippen LogP) is 3.73. The first-order chi connectivity index (χ1) is 14.8. The molecule has 160 valence electrons. The fraction of sp³-hybridized carbons (Fsp3) is 0.0952. The molecule has 3 N–H and O–H groups in total. The third-order valence-electron chi connectivity index (χ3n) is 4.35. The van der Waals surface area contributed by atoms with Crippen LogP contribution in [-0.4, -0.2) is 31.5 Å². The Bertz CT molecular complexity index is 1210. The van der Waals surface area contributed by atoms with Gasteiger partial charge in [-0.2, -0.15) is 0 Å². The van der Waals surface area contributed by atoms with Gasteiger partial charge in [0.2, 0.25) is 15.7 Å². The molecular weight excluding hydrogens is 438 g/mol. The molecule has 0 saturated carbocycles. The summed E-state index contributed by atoms with van der Waals surface area (Å²) in [5.74, 6) is -0.240. The van der Waals surface area contributed by atoms with Crippen molar-refractivity contribution in [2.45, 2.75) is 14.7 Å². The second kappa shape index (κ2) is 9.63. The monoisotopic (exact) mass is 457 g/mol. The van der Waals surface area contributed by atoms with Crippen LogP contribution >= 0.6 is 11.8 Å². The standard InChI is InChI=1S/C21H19N3O5S2/c22-21(25)17-8-4-5-9-20(17)31(28,29)16-10-11-18(19(14-16)24(26)27)23-12-13-30-15-6-2-1-3-7-15/h1-11,14,23H,12-13H2,(H2,22,25). The molecule has 10 heteroatoms. The van der Waals surface area contributed by atoms with Crippen LogP contribution in [-0.2, 0) is 9.84 Å². The van der Waals surface area contributed by atoms with Crippen LogP contribution in [0.25, 0.3) is 0 Å². The summed E-state index contributed by atoms with van der Waals surface area (Å²) in [5.41, 5.74) is 4.94. The van der Waals surface area contributed by atoms with Gasteiger partial charge in [0.25, 0.3) is 5.69 Å². The molecule has 3 aromatic carbocycles. The molecule has 0 spiro atoms. The minimum atomic E-state index is -4.19. The lowest BCUT2D eigenvalue weighted by Gasteiger charge is -2.11. The predicted molar refractivity (Wildman–Crippen MR) is 119 cm³/mol. The number of nitrogens with zero attached hydrogens (tertiary/aromatic N) is 1. The van der Waals surface area contributed by atoms with Gasteiger partial charge < -0.3 is 11.1 Å². The number of hydrogen-bond acceptors (Lipinski definition) is 7. The number of anilines is 1. The Morgan fingerprint density at radius 1 is 1.03 bits per heavy atom. The average molecular weight is 458 g/mol. The molecule has 0 aliphatic rings. The number of thioether (sulfide) groups is 1. The summed E-state index contributed by atoms with van der Waals surface area (Å²) < 4.78 is 26.0.